The number of allylic oxidation sites excluding steroid dienone is 1. The summed E-state index contributed by atoms with van der Waals surface area (Å²) in [5.41, 5.74) is 0.610. The average Bonchev–Trinajstić information content (AvgIpc) is 2.90. The fraction of sp³-hybridized carbons (Fsp3) is 0.111. The highest BCUT2D eigenvalue weighted by atomic mass is 19.1. The Labute approximate surface area is 137 Å². The van der Waals surface area contributed by atoms with Gasteiger partial charge in [-0.3, -0.25) is 4.79 Å². The Hall–Kier alpha value is -3.15. The first-order valence-electron chi connectivity index (χ1n) is 7.11. The summed E-state index contributed by atoms with van der Waals surface area (Å²) in [6.07, 6.45) is 1.35. The Kier molecular flexibility index (Phi) is 4.29. The van der Waals surface area contributed by atoms with E-state index in [0.29, 0.717) is 17.1 Å². The Balaban J connectivity index is 1.82. The SMILES string of the molecule is COC(=O)COc1ccc2c(c1)OC(=Cc1ccccc1F)C2=O. The van der Waals surface area contributed by atoms with Crippen LogP contribution in [0.2, 0.25) is 0 Å². The zero-order valence-corrected chi connectivity index (χ0v) is 12.7. The van der Waals surface area contributed by atoms with Crippen LogP contribution >= 0.6 is 0 Å². The average molecular weight is 328 g/mol. The fourth-order valence-corrected chi connectivity index (χ4v) is 2.19. The molecule has 24 heavy (non-hydrogen) atoms. The molecule has 1 aliphatic rings. The molecule has 0 saturated heterocycles. The van der Waals surface area contributed by atoms with Crippen LogP contribution < -0.4 is 9.47 Å². The van der Waals surface area contributed by atoms with Crippen LogP contribution in [-0.4, -0.2) is 25.5 Å². The number of carbonyl (C=O) groups excluding carboxylic acids is 2. The first-order valence-corrected chi connectivity index (χ1v) is 7.11. The maximum atomic E-state index is 13.7. The number of Topliss-reactive ketones (excluding diaryl/α,β-unsaturated/α-hetero) is 1. The van der Waals surface area contributed by atoms with Crippen molar-refractivity contribution < 1.29 is 28.2 Å². The number of esters is 1. The number of methoxy groups -OCH3 is 1. The normalized spacial score (nSPS) is 14.2. The van der Waals surface area contributed by atoms with Crippen LogP contribution in [-0.2, 0) is 9.53 Å². The third-order valence-electron chi connectivity index (χ3n) is 3.42. The van der Waals surface area contributed by atoms with Gasteiger partial charge in [0.05, 0.1) is 12.7 Å². The maximum Gasteiger partial charge on any atom is 0.343 e. The molecular weight excluding hydrogens is 315 g/mol. The van der Waals surface area contributed by atoms with Crippen LogP contribution in [0, 0.1) is 5.82 Å². The van der Waals surface area contributed by atoms with Gasteiger partial charge in [-0.15, -0.1) is 0 Å². The Morgan fingerprint density at radius 2 is 2.04 bits per heavy atom. The van der Waals surface area contributed by atoms with E-state index in [1.807, 2.05) is 0 Å². The lowest BCUT2D eigenvalue weighted by molar-refractivity contribution is -0.142. The molecule has 0 radical (unpaired) electrons. The largest absolute Gasteiger partial charge is 0.482 e. The van der Waals surface area contributed by atoms with Crippen LogP contribution in [0.3, 0.4) is 0 Å². The van der Waals surface area contributed by atoms with E-state index in [4.69, 9.17) is 9.47 Å². The van der Waals surface area contributed by atoms with Crippen molar-refractivity contribution in [3.05, 3.63) is 65.2 Å². The highest BCUT2D eigenvalue weighted by Gasteiger charge is 2.28. The van der Waals surface area contributed by atoms with Gasteiger partial charge in [0, 0.05) is 11.6 Å². The number of benzene rings is 2. The third kappa shape index (κ3) is 3.12. The molecule has 0 amide bonds. The van der Waals surface area contributed by atoms with E-state index in [9.17, 15) is 14.0 Å². The predicted octanol–water partition coefficient (Wildman–Crippen LogP) is 2.99. The van der Waals surface area contributed by atoms with Gasteiger partial charge >= 0.3 is 5.97 Å². The monoisotopic (exact) mass is 328 g/mol. The molecule has 0 bridgehead atoms. The van der Waals surface area contributed by atoms with E-state index < -0.39 is 11.8 Å². The summed E-state index contributed by atoms with van der Waals surface area (Å²) in [5.74, 6) is -0.621. The molecule has 0 unspecified atom stereocenters. The minimum absolute atomic E-state index is 0.0280. The molecule has 0 aliphatic carbocycles. The van der Waals surface area contributed by atoms with Gasteiger partial charge in [0.1, 0.15) is 17.3 Å². The number of hydrogen-bond acceptors (Lipinski definition) is 5. The van der Waals surface area contributed by atoms with Gasteiger partial charge in [0.2, 0.25) is 5.78 Å². The minimum atomic E-state index is -0.521. The number of ketones is 1. The van der Waals surface area contributed by atoms with E-state index in [1.54, 1.807) is 24.3 Å². The van der Waals surface area contributed by atoms with Crippen molar-refractivity contribution >= 4 is 17.8 Å². The predicted molar refractivity (Wildman–Crippen MR) is 83.3 cm³/mol. The highest BCUT2D eigenvalue weighted by Crippen LogP contribution is 2.35. The molecule has 0 fully saturated rings. The van der Waals surface area contributed by atoms with Crippen molar-refractivity contribution in [1.82, 2.24) is 0 Å². The van der Waals surface area contributed by atoms with Crippen molar-refractivity contribution in [3.63, 3.8) is 0 Å². The van der Waals surface area contributed by atoms with Crippen LogP contribution in [0.25, 0.3) is 6.08 Å². The van der Waals surface area contributed by atoms with E-state index in [2.05, 4.69) is 4.74 Å². The van der Waals surface area contributed by atoms with E-state index in [1.165, 1.54) is 31.4 Å². The number of ether oxygens (including phenoxy) is 3. The van der Waals surface area contributed by atoms with Gasteiger partial charge in [0.15, 0.2) is 12.4 Å². The highest BCUT2D eigenvalue weighted by molar-refractivity contribution is 6.14. The third-order valence-corrected chi connectivity index (χ3v) is 3.42. The topological polar surface area (TPSA) is 61.8 Å². The second kappa shape index (κ2) is 6.54. The second-order valence-corrected chi connectivity index (χ2v) is 4.98. The summed E-state index contributed by atoms with van der Waals surface area (Å²) < 4.78 is 28.9. The maximum absolute atomic E-state index is 13.7. The van der Waals surface area contributed by atoms with Crippen molar-refractivity contribution in [2.75, 3.05) is 13.7 Å². The lowest BCUT2D eigenvalue weighted by Gasteiger charge is -2.05. The molecule has 2 aromatic carbocycles. The summed E-state index contributed by atoms with van der Waals surface area (Å²) >= 11 is 0. The summed E-state index contributed by atoms with van der Waals surface area (Å²) in [5, 5.41) is 0. The van der Waals surface area contributed by atoms with Gasteiger partial charge in [-0.05, 0) is 24.3 Å². The summed E-state index contributed by atoms with van der Waals surface area (Å²) in [6, 6.07) is 10.7. The van der Waals surface area contributed by atoms with Gasteiger partial charge in [-0.25, -0.2) is 9.18 Å². The van der Waals surface area contributed by atoms with Crippen LogP contribution in [0.5, 0.6) is 11.5 Å². The second-order valence-electron chi connectivity index (χ2n) is 4.98. The molecule has 5 nitrogen and oxygen atoms in total. The lowest BCUT2D eigenvalue weighted by Crippen LogP contribution is -2.12. The van der Waals surface area contributed by atoms with Gasteiger partial charge < -0.3 is 14.2 Å². The van der Waals surface area contributed by atoms with Crippen molar-refractivity contribution in [3.8, 4) is 11.5 Å². The standard InChI is InChI=1S/C18H13FO5/c1-22-17(20)10-23-12-6-7-13-15(9-12)24-16(18(13)21)8-11-4-2-3-5-14(11)19/h2-9H,10H2,1H3. The Morgan fingerprint density at radius 1 is 1.25 bits per heavy atom. The molecule has 0 atom stereocenters. The first-order chi connectivity index (χ1) is 11.6. The summed E-state index contributed by atoms with van der Waals surface area (Å²) in [4.78, 5) is 23.4. The van der Waals surface area contributed by atoms with Gasteiger partial charge in [-0.2, -0.15) is 0 Å². The smallest absolute Gasteiger partial charge is 0.343 e. The molecule has 1 heterocycles. The molecule has 0 aromatic heterocycles. The van der Waals surface area contributed by atoms with Gasteiger partial charge in [-0.1, -0.05) is 18.2 Å². The fourth-order valence-electron chi connectivity index (χ4n) is 2.19. The molecule has 1 aliphatic heterocycles. The number of halogens is 1. The van der Waals surface area contributed by atoms with E-state index in [-0.39, 0.29) is 23.7 Å². The molecule has 2 aromatic rings. The first kappa shape index (κ1) is 15.7. The minimum Gasteiger partial charge on any atom is -0.482 e. The summed E-state index contributed by atoms with van der Waals surface area (Å²) in [6.45, 7) is -0.249. The molecule has 0 N–H and O–H groups in total. The van der Waals surface area contributed by atoms with Gasteiger partial charge in [0.25, 0.3) is 0 Å². The molecule has 122 valence electrons. The van der Waals surface area contributed by atoms with Crippen LogP contribution in [0.4, 0.5) is 4.39 Å². The molecule has 6 heteroatoms. The van der Waals surface area contributed by atoms with Crippen molar-refractivity contribution in [2.24, 2.45) is 0 Å². The van der Waals surface area contributed by atoms with Crippen molar-refractivity contribution in [1.29, 1.82) is 0 Å². The van der Waals surface area contributed by atoms with E-state index >= 15 is 0 Å². The Bertz CT molecular complexity index is 841. The zero-order chi connectivity index (χ0) is 17.1. The zero-order valence-electron chi connectivity index (χ0n) is 12.7. The molecular formula is C18H13FO5. The molecule has 0 spiro atoms. The Morgan fingerprint density at radius 3 is 2.79 bits per heavy atom. The van der Waals surface area contributed by atoms with Crippen LogP contribution in [0.15, 0.2) is 48.2 Å². The number of carbonyl (C=O) groups is 2. The quantitative estimate of drug-likeness (QED) is 0.638. The molecule has 3 rings (SSSR count). The van der Waals surface area contributed by atoms with Crippen molar-refractivity contribution in [2.45, 2.75) is 0 Å². The lowest BCUT2D eigenvalue weighted by atomic mass is 10.1. The number of hydrogen-bond donors (Lipinski definition) is 0. The van der Waals surface area contributed by atoms with Crippen LogP contribution in [0.1, 0.15) is 15.9 Å². The summed E-state index contributed by atoms with van der Waals surface area (Å²) in [7, 11) is 1.26. The van der Waals surface area contributed by atoms with E-state index in [0.717, 1.165) is 0 Å². The molecule has 0 saturated carbocycles. The number of rotatable bonds is 4. The number of fused-ring (bicyclic) bond motifs is 1.